The Labute approximate surface area is 163 Å². The van der Waals surface area contributed by atoms with Crippen LogP contribution in [0, 0.1) is 13.8 Å². The molecule has 1 aromatic carbocycles. The molecular formula is C21H23N3O4. The number of carbonyl (C=O) groups excluding carboxylic acids is 2. The van der Waals surface area contributed by atoms with Gasteiger partial charge in [0.15, 0.2) is 5.60 Å². The van der Waals surface area contributed by atoms with E-state index in [1.807, 2.05) is 37.3 Å². The lowest BCUT2D eigenvalue weighted by Crippen LogP contribution is -2.50. The van der Waals surface area contributed by atoms with Gasteiger partial charge in [0.25, 0.3) is 11.8 Å². The number of benzene rings is 1. The molecular weight excluding hydrogens is 358 g/mol. The van der Waals surface area contributed by atoms with Crippen molar-refractivity contribution in [2.24, 2.45) is 5.16 Å². The molecule has 1 fully saturated rings. The summed E-state index contributed by atoms with van der Waals surface area (Å²) >= 11 is 0. The molecule has 146 valence electrons. The molecule has 7 nitrogen and oxygen atoms in total. The highest BCUT2D eigenvalue weighted by Gasteiger charge is 2.46. The topological polar surface area (TPSA) is 84.1 Å². The van der Waals surface area contributed by atoms with E-state index in [4.69, 9.17) is 9.25 Å². The third-order valence-electron chi connectivity index (χ3n) is 5.23. The Hall–Kier alpha value is -3.09. The van der Waals surface area contributed by atoms with Crippen molar-refractivity contribution in [2.75, 3.05) is 18.4 Å². The lowest BCUT2D eigenvalue weighted by atomic mass is 9.87. The highest BCUT2D eigenvalue weighted by atomic mass is 16.7. The van der Waals surface area contributed by atoms with Gasteiger partial charge in [-0.3, -0.25) is 9.59 Å². The number of furan rings is 1. The third-order valence-corrected chi connectivity index (χ3v) is 5.23. The minimum Gasteiger partial charge on any atom is -0.466 e. The van der Waals surface area contributed by atoms with E-state index < -0.39 is 5.60 Å². The van der Waals surface area contributed by atoms with Crippen LogP contribution < -0.4 is 5.32 Å². The molecule has 28 heavy (non-hydrogen) atoms. The highest BCUT2D eigenvalue weighted by Crippen LogP contribution is 2.34. The second-order valence-corrected chi connectivity index (χ2v) is 7.47. The van der Waals surface area contributed by atoms with E-state index in [-0.39, 0.29) is 11.8 Å². The van der Waals surface area contributed by atoms with Crippen LogP contribution in [-0.4, -0.2) is 41.1 Å². The fraction of sp³-hybridized carbons (Fsp3) is 0.381. The molecule has 1 aromatic heterocycles. The monoisotopic (exact) mass is 381 g/mol. The van der Waals surface area contributed by atoms with Crippen molar-refractivity contribution >= 4 is 23.2 Å². The average Bonchev–Trinajstić information content (AvgIpc) is 3.25. The molecule has 7 heteroatoms. The Morgan fingerprint density at radius 2 is 2.00 bits per heavy atom. The van der Waals surface area contributed by atoms with Gasteiger partial charge < -0.3 is 19.5 Å². The molecule has 1 N–H and O–H groups in total. The van der Waals surface area contributed by atoms with Gasteiger partial charge in [-0.25, -0.2) is 0 Å². The minimum atomic E-state index is -0.635. The molecule has 4 rings (SSSR count). The Balaban J connectivity index is 1.43. The molecule has 2 amide bonds. The average molecular weight is 381 g/mol. The highest BCUT2D eigenvalue weighted by molar-refractivity contribution is 6.43. The van der Waals surface area contributed by atoms with Gasteiger partial charge in [-0.15, -0.1) is 0 Å². The smallest absolute Gasteiger partial charge is 0.273 e. The number of anilines is 1. The summed E-state index contributed by atoms with van der Waals surface area (Å²) in [7, 11) is 0. The Morgan fingerprint density at radius 3 is 2.71 bits per heavy atom. The lowest BCUT2D eigenvalue weighted by Gasteiger charge is -2.38. The second kappa shape index (κ2) is 7.14. The predicted molar refractivity (Wildman–Crippen MR) is 104 cm³/mol. The number of nitrogens with zero attached hydrogens (tertiary/aromatic N) is 2. The fourth-order valence-electron chi connectivity index (χ4n) is 3.87. The zero-order chi connectivity index (χ0) is 19.7. The van der Waals surface area contributed by atoms with Gasteiger partial charge in [-0.1, -0.05) is 23.4 Å². The summed E-state index contributed by atoms with van der Waals surface area (Å²) in [5.41, 5.74) is 1.01. The summed E-state index contributed by atoms with van der Waals surface area (Å²) in [6.07, 6.45) is 1.94. The third kappa shape index (κ3) is 3.52. The molecule has 0 unspecified atom stereocenters. The molecule has 0 radical (unpaired) electrons. The van der Waals surface area contributed by atoms with Crippen LogP contribution in [0.3, 0.4) is 0 Å². The summed E-state index contributed by atoms with van der Waals surface area (Å²) in [5, 5.41) is 6.88. The minimum absolute atomic E-state index is 0.0702. The van der Waals surface area contributed by atoms with Gasteiger partial charge in [0.1, 0.15) is 17.2 Å². The number of oxime groups is 1. The predicted octanol–water partition coefficient (Wildman–Crippen LogP) is 3.29. The number of aryl methyl sites for hydroxylation is 2. The molecule has 2 aliphatic heterocycles. The molecule has 0 saturated carbocycles. The quantitative estimate of drug-likeness (QED) is 0.884. The number of amides is 2. The molecule has 1 atom stereocenters. The number of rotatable bonds is 3. The van der Waals surface area contributed by atoms with E-state index in [0.29, 0.717) is 48.0 Å². The lowest BCUT2D eigenvalue weighted by molar-refractivity contribution is -0.110. The SMILES string of the molecule is Cc1cc(C(=O)N2CCC[C@@]3(CC(C(=O)Nc4ccccc4)=NO3)C2)c(C)o1. The Kier molecular flexibility index (Phi) is 4.66. The van der Waals surface area contributed by atoms with E-state index in [2.05, 4.69) is 10.5 Å². The maximum atomic E-state index is 12.9. The normalized spacial score (nSPS) is 21.4. The van der Waals surface area contributed by atoms with E-state index >= 15 is 0 Å². The first-order valence-corrected chi connectivity index (χ1v) is 9.44. The van der Waals surface area contributed by atoms with Gasteiger partial charge >= 0.3 is 0 Å². The maximum Gasteiger partial charge on any atom is 0.273 e. The molecule has 1 saturated heterocycles. The summed E-state index contributed by atoms with van der Waals surface area (Å²) in [5.74, 6) is 0.994. The van der Waals surface area contributed by atoms with Crippen molar-refractivity contribution in [2.45, 2.75) is 38.7 Å². The van der Waals surface area contributed by atoms with Crippen LogP contribution in [0.1, 0.15) is 41.1 Å². The largest absolute Gasteiger partial charge is 0.466 e. The number of para-hydroxylation sites is 1. The van der Waals surface area contributed by atoms with E-state index in [0.717, 1.165) is 12.8 Å². The first kappa shape index (κ1) is 18.3. The number of hydrogen-bond donors (Lipinski definition) is 1. The number of piperidine rings is 1. The first-order valence-electron chi connectivity index (χ1n) is 9.44. The molecule has 2 aliphatic rings. The zero-order valence-corrected chi connectivity index (χ0v) is 16.0. The van der Waals surface area contributed by atoms with E-state index in [1.54, 1.807) is 17.9 Å². The standard InChI is InChI=1S/C21H23N3O4/c1-14-11-17(15(2)27-14)20(26)24-10-6-9-21(13-24)12-18(23-28-21)19(25)22-16-7-4-3-5-8-16/h3-5,7-8,11H,6,9-10,12-13H2,1-2H3,(H,22,25)/t21-/m1/s1. The van der Waals surface area contributed by atoms with Gasteiger partial charge in [-0.2, -0.15) is 0 Å². The Morgan fingerprint density at radius 1 is 1.21 bits per heavy atom. The van der Waals surface area contributed by atoms with Crippen molar-refractivity contribution in [1.82, 2.24) is 4.90 Å². The first-order chi connectivity index (χ1) is 13.5. The van der Waals surface area contributed by atoms with Gasteiger partial charge in [0, 0.05) is 18.7 Å². The fourth-order valence-corrected chi connectivity index (χ4v) is 3.87. The number of likely N-dealkylation sites (tertiary alicyclic amines) is 1. The molecule has 1 spiro atoms. The summed E-state index contributed by atoms with van der Waals surface area (Å²) in [4.78, 5) is 32.9. The zero-order valence-electron chi connectivity index (χ0n) is 16.0. The van der Waals surface area contributed by atoms with Crippen LogP contribution in [0.25, 0.3) is 0 Å². The van der Waals surface area contributed by atoms with E-state index in [9.17, 15) is 9.59 Å². The number of nitrogens with one attached hydrogen (secondary N) is 1. The Bertz CT molecular complexity index is 934. The van der Waals surface area contributed by atoms with Crippen molar-refractivity contribution in [3.05, 3.63) is 53.5 Å². The van der Waals surface area contributed by atoms with E-state index in [1.165, 1.54) is 0 Å². The molecule has 0 bridgehead atoms. The van der Waals surface area contributed by atoms with Crippen LogP contribution in [0.2, 0.25) is 0 Å². The maximum absolute atomic E-state index is 12.9. The molecule has 0 aliphatic carbocycles. The molecule has 3 heterocycles. The van der Waals surface area contributed by atoms with Gasteiger partial charge in [-0.05, 0) is 44.9 Å². The summed E-state index contributed by atoms with van der Waals surface area (Å²) in [6, 6.07) is 11.0. The van der Waals surface area contributed by atoms with Gasteiger partial charge in [0.2, 0.25) is 0 Å². The van der Waals surface area contributed by atoms with Crippen LogP contribution in [-0.2, 0) is 9.63 Å². The van der Waals surface area contributed by atoms with Crippen molar-refractivity contribution < 1.29 is 18.8 Å². The van der Waals surface area contributed by atoms with Crippen molar-refractivity contribution in [3.8, 4) is 0 Å². The number of carbonyl (C=O) groups is 2. The number of hydrogen-bond acceptors (Lipinski definition) is 5. The van der Waals surface area contributed by atoms with Crippen LogP contribution >= 0.6 is 0 Å². The summed E-state index contributed by atoms with van der Waals surface area (Å²) < 4.78 is 5.49. The van der Waals surface area contributed by atoms with Crippen molar-refractivity contribution in [3.63, 3.8) is 0 Å². The van der Waals surface area contributed by atoms with Crippen LogP contribution in [0.15, 0.2) is 46.0 Å². The molecule has 2 aromatic rings. The second-order valence-electron chi connectivity index (χ2n) is 7.47. The van der Waals surface area contributed by atoms with Crippen LogP contribution in [0.5, 0.6) is 0 Å². The summed E-state index contributed by atoms with van der Waals surface area (Å²) in [6.45, 7) is 4.68. The van der Waals surface area contributed by atoms with Crippen molar-refractivity contribution in [1.29, 1.82) is 0 Å². The van der Waals surface area contributed by atoms with Gasteiger partial charge in [0.05, 0.1) is 12.1 Å². The van der Waals surface area contributed by atoms with Crippen LogP contribution in [0.4, 0.5) is 5.69 Å².